The molecule has 0 aliphatic rings. The van der Waals surface area contributed by atoms with Crippen LogP contribution in [0.5, 0.6) is 0 Å². The molecule has 0 aromatic carbocycles. The molecule has 0 fully saturated rings. The molecule has 20 heavy (non-hydrogen) atoms. The SMILES string of the molecule is CCc1nc2c(C)cc(Br)cn2c1C(=O)N(CC)CC. The number of hydrogen-bond donors (Lipinski definition) is 0. The van der Waals surface area contributed by atoms with E-state index >= 15 is 0 Å². The van der Waals surface area contributed by atoms with Gasteiger partial charge in [-0.15, -0.1) is 0 Å². The third-order valence-corrected chi connectivity index (χ3v) is 3.96. The zero-order valence-electron chi connectivity index (χ0n) is 12.4. The zero-order valence-corrected chi connectivity index (χ0v) is 14.0. The third kappa shape index (κ3) is 2.46. The maximum absolute atomic E-state index is 12.7. The second-order valence-corrected chi connectivity index (χ2v) is 5.69. The number of carbonyl (C=O) groups is 1. The van der Waals surface area contributed by atoms with Crippen LogP contribution in [0.15, 0.2) is 16.7 Å². The van der Waals surface area contributed by atoms with Gasteiger partial charge in [-0.25, -0.2) is 4.98 Å². The highest BCUT2D eigenvalue weighted by Crippen LogP contribution is 2.22. The van der Waals surface area contributed by atoms with E-state index in [1.165, 1.54) is 0 Å². The highest BCUT2D eigenvalue weighted by Gasteiger charge is 2.22. The third-order valence-electron chi connectivity index (χ3n) is 3.53. The Balaban J connectivity index is 2.70. The van der Waals surface area contributed by atoms with Gasteiger partial charge in [0, 0.05) is 23.8 Å². The second kappa shape index (κ2) is 5.95. The summed E-state index contributed by atoms with van der Waals surface area (Å²) in [5, 5.41) is 0. The molecule has 0 saturated heterocycles. The van der Waals surface area contributed by atoms with Crippen molar-refractivity contribution in [2.45, 2.75) is 34.1 Å². The van der Waals surface area contributed by atoms with Crippen LogP contribution < -0.4 is 0 Å². The molecule has 0 N–H and O–H groups in total. The number of amides is 1. The van der Waals surface area contributed by atoms with Crippen LogP contribution in [0.3, 0.4) is 0 Å². The van der Waals surface area contributed by atoms with E-state index in [1.54, 1.807) is 0 Å². The van der Waals surface area contributed by atoms with Crippen LogP contribution >= 0.6 is 15.9 Å². The molecular weight excluding hydrogens is 318 g/mol. The first-order valence-corrected chi connectivity index (χ1v) is 7.79. The van der Waals surface area contributed by atoms with Crippen molar-refractivity contribution in [2.24, 2.45) is 0 Å². The Hall–Kier alpha value is -1.36. The lowest BCUT2D eigenvalue weighted by Crippen LogP contribution is -2.32. The van der Waals surface area contributed by atoms with E-state index in [2.05, 4.69) is 20.9 Å². The fraction of sp³-hybridized carbons (Fsp3) is 0.467. The van der Waals surface area contributed by atoms with Crippen LogP contribution in [0, 0.1) is 6.92 Å². The van der Waals surface area contributed by atoms with Crippen molar-refractivity contribution < 1.29 is 4.79 Å². The predicted molar refractivity (Wildman–Crippen MR) is 84.3 cm³/mol. The number of imidazole rings is 1. The minimum Gasteiger partial charge on any atom is -0.338 e. The average Bonchev–Trinajstić information content (AvgIpc) is 2.78. The maximum Gasteiger partial charge on any atom is 0.272 e. The molecule has 108 valence electrons. The van der Waals surface area contributed by atoms with Crippen molar-refractivity contribution in [3.8, 4) is 0 Å². The molecule has 0 aliphatic heterocycles. The van der Waals surface area contributed by atoms with Gasteiger partial charge in [-0.2, -0.15) is 0 Å². The summed E-state index contributed by atoms with van der Waals surface area (Å²) in [7, 11) is 0. The molecule has 0 saturated carbocycles. The summed E-state index contributed by atoms with van der Waals surface area (Å²) in [5.41, 5.74) is 3.48. The summed E-state index contributed by atoms with van der Waals surface area (Å²) in [6.07, 6.45) is 2.67. The molecule has 0 radical (unpaired) electrons. The van der Waals surface area contributed by atoms with Crippen LogP contribution in [0.4, 0.5) is 0 Å². The molecule has 0 unspecified atom stereocenters. The average molecular weight is 338 g/mol. The first-order valence-electron chi connectivity index (χ1n) is 6.99. The molecule has 2 heterocycles. The van der Waals surface area contributed by atoms with Gasteiger partial charge in [-0.3, -0.25) is 9.20 Å². The number of rotatable bonds is 4. The Bertz CT molecular complexity index is 644. The van der Waals surface area contributed by atoms with Crippen LogP contribution in [0.1, 0.15) is 42.5 Å². The van der Waals surface area contributed by atoms with Crippen molar-refractivity contribution >= 4 is 27.5 Å². The molecule has 0 aliphatic carbocycles. The molecule has 1 amide bonds. The Morgan fingerprint density at radius 3 is 2.55 bits per heavy atom. The number of aromatic nitrogens is 2. The van der Waals surface area contributed by atoms with Gasteiger partial charge in [0.2, 0.25) is 0 Å². The van der Waals surface area contributed by atoms with Gasteiger partial charge < -0.3 is 4.90 Å². The van der Waals surface area contributed by atoms with E-state index in [-0.39, 0.29) is 5.91 Å². The second-order valence-electron chi connectivity index (χ2n) is 4.77. The predicted octanol–water partition coefficient (Wildman–Crippen LogP) is 3.45. The van der Waals surface area contributed by atoms with Gasteiger partial charge in [-0.1, -0.05) is 6.92 Å². The standard InChI is InChI=1S/C15H20BrN3O/c1-5-12-13(15(20)18(6-2)7-3)19-9-11(16)8-10(4)14(19)17-12/h8-9H,5-7H2,1-4H3. The lowest BCUT2D eigenvalue weighted by atomic mass is 10.2. The minimum absolute atomic E-state index is 0.0526. The fourth-order valence-electron chi connectivity index (χ4n) is 2.45. The summed E-state index contributed by atoms with van der Waals surface area (Å²) >= 11 is 3.50. The van der Waals surface area contributed by atoms with Crippen LogP contribution in [0.25, 0.3) is 5.65 Å². The van der Waals surface area contributed by atoms with Crippen molar-refractivity contribution in [1.29, 1.82) is 0 Å². The van der Waals surface area contributed by atoms with Gasteiger partial charge in [0.25, 0.3) is 5.91 Å². The van der Waals surface area contributed by atoms with Crippen LogP contribution in [0.2, 0.25) is 0 Å². The number of carbonyl (C=O) groups excluding carboxylic acids is 1. The number of nitrogens with zero attached hydrogens (tertiary/aromatic N) is 3. The Labute approximate surface area is 127 Å². The summed E-state index contributed by atoms with van der Waals surface area (Å²) in [6.45, 7) is 9.45. The monoisotopic (exact) mass is 337 g/mol. The zero-order chi connectivity index (χ0) is 14.9. The van der Waals surface area contributed by atoms with Crippen molar-refractivity contribution in [3.63, 3.8) is 0 Å². The van der Waals surface area contributed by atoms with E-state index in [9.17, 15) is 4.79 Å². The molecule has 4 nitrogen and oxygen atoms in total. The maximum atomic E-state index is 12.7. The van der Waals surface area contributed by atoms with E-state index in [1.807, 2.05) is 49.3 Å². The van der Waals surface area contributed by atoms with Gasteiger partial charge in [0.1, 0.15) is 11.3 Å². The van der Waals surface area contributed by atoms with Crippen LogP contribution in [-0.2, 0) is 6.42 Å². The molecule has 5 heteroatoms. The van der Waals surface area contributed by atoms with E-state index < -0.39 is 0 Å². The van der Waals surface area contributed by atoms with Crippen LogP contribution in [-0.4, -0.2) is 33.3 Å². The molecule has 0 atom stereocenters. The lowest BCUT2D eigenvalue weighted by Gasteiger charge is -2.19. The minimum atomic E-state index is 0.0526. The number of halogens is 1. The summed E-state index contributed by atoms with van der Waals surface area (Å²) < 4.78 is 2.87. The molecule has 0 bridgehead atoms. The molecular formula is C15H20BrN3O. The topological polar surface area (TPSA) is 37.6 Å². The highest BCUT2D eigenvalue weighted by atomic mass is 79.9. The number of aryl methyl sites for hydroxylation is 2. The summed E-state index contributed by atoms with van der Waals surface area (Å²) in [5.74, 6) is 0.0526. The van der Waals surface area contributed by atoms with Crippen molar-refractivity contribution in [1.82, 2.24) is 14.3 Å². The molecule has 2 aromatic heterocycles. The van der Waals surface area contributed by atoms with E-state index in [0.29, 0.717) is 18.8 Å². The summed E-state index contributed by atoms with van der Waals surface area (Å²) in [6, 6.07) is 2.02. The quantitative estimate of drug-likeness (QED) is 0.856. The number of hydrogen-bond acceptors (Lipinski definition) is 2. The first-order chi connectivity index (χ1) is 9.53. The normalized spacial score (nSPS) is 11.1. The smallest absolute Gasteiger partial charge is 0.272 e. The van der Waals surface area contributed by atoms with Crippen molar-refractivity contribution in [2.75, 3.05) is 13.1 Å². The lowest BCUT2D eigenvalue weighted by molar-refractivity contribution is 0.0765. The Morgan fingerprint density at radius 2 is 2.00 bits per heavy atom. The van der Waals surface area contributed by atoms with Gasteiger partial charge in [0.05, 0.1) is 5.69 Å². The number of pyridine rings is 1. The molecule has 0 spiro atoms. The molecule has 2 aromatic rings. The Kier molecular flexibility index (Phi) is 4.48. The fourth-order valence-corrected chi connectivity index (χ4v) is 3.00. The largest absolute Gasteiger partial charge is 0.338 e. The van der Waals surface area contributed by atoms with Gasteiger partial charge in [-0.05, 0) is 54.8 Å². The van der Waals surface area contributed by atoms with Gasteiger partial charge >= 0.3 is 0 Å². The van der Waals surface area contributed by atoms with E-state index in [0.717, 1.165) is 27.8 Å². The van der Waals surface area contributed by atoms with Crippen molar-refractivity contribution in [3.05, 3.63) is 33.7 Å². The summed E-state index contributed by atoms with van der Waals surface area (Å²) in [4.78, 5) is 19.2. The first kappa shape index (κ1) is 15.0. The van der Waals surface area contributed by atoms with E-state index in [4.69, 9.17) is 0 Å². The number of fused-ring (bicyclic) bond motifs is 1. The highest BCUT2D eigenvalue weighted by molar-refractivity contribution is 9.10. The van der Waals surface area contributed by atoms with Gasteiger partial charge in [0.15, 0.2) is 0 Å². The molecule has 2 rings (SSSR count). The Morgan fingerprint density at radius 1 is 1.35 bits per heavy atom.